The van der Waals surface area contributed by atoms with Gasteiger partial charge >= 0.3 is 6.09 Å². The standard InChI is InChI=1S/C18H24FNO4/c1-11-7-8-12(10-13(11)19)18(9-5-6-14(21)15(18)22)20-16(23)24-17(2,3)4/h7-8,10,14,21H,5-6,9H2,1-4H3,(H,20,23). The number of aliphatic hydroxyl groups excluding tert-OH is 1. The minimum atomic E-state index is -1.48. The molecule has 0 aromatic heterocycles. The van der Waals surface area contributed by atoms with Crippen LogP contribution < -0.4 is 5.32 Å². The average Bonchev–Trinajstić information content (AvgIpc) is 2.45. The van der Waals surface area contributed by atoms with Crippen molar-refractivity contribution in [2.75, 3.05) is 0 Å². The number of halogens is 1. The Morgan fingerprint density at radius 2 is 2.08 bits per heavy atom. The molecule has 0 bridgehead atoms. The van der Waals surface area contributed by atoms with E-state index < -0.39 is 34.9 Å². The highest BCUT2D eigenvalue weighted by Gasteiger charge is 2.47. The monoisotopic (exact) mass is 337 g/mol. The summed E-state index contributed by atoms with van der Waals surface area (Å²) in [7, 11) is 0. The Bertz CT molecular complexity index is 653. The normalized spacial score (nSPS) is 24.6. The predicted octanol–water partition coefficient (Wildman–Crippen LogP) is 2.97. The van der Waals surface area contributed by atoms with Crippen LogP contribution in [0.2, 0.25) is 0 Å². The Labute approximate surface area is 141 Å². The first-order valence-electron chi connectivity index (χ1n) is 8.05. The van der Waals surface area contributed by atoms with Crippen LogP contribution in [-0.2, 0) is 15.1 Å². The fourth-order valence-electron chi connectivity index (χ4n) is 2.92. The molecule has 2 N–H and O–H groups in total. The van der Waals surface area contributed by atoms with Crippen molar-refractivity contribution in [1.29, 1.82) is 0 Å². The van der Waals surface area contributed by atoms with Gasteiger partial charge < -0.3 is 15.2 Å². The third-order valence-corrected chi connectivity index (χ3v) is 4.13. The highest BCUT2D eigenvalue weighted by Crippen LogP contribution is 2.35. The Kier molecular flexibility index (Phi) is 4.99. The molecule has 1 aliphatic carbocycles. The second-order valence-corrected chi connectivity index (χ2v) is 7.27. The minimum Gasteiger partial charge on any atom is -0.444 e. The summed E-state index contributed by atoms with van der Waals surface area (Å²) in [4.78, 5) is 25.0. The molecular weight excluding hydrogens is 313 g/mol. The molecule has 0 radical (unpaired) electrons. The second-order valence-electron chi connectivity index (χ2n) is 7.27. The van der Waals surface area contributed by atoms with Crippen LogP contribution >= 0.6 is 0 Å². The molecule has 2 unspecified atom stereocenters. The Hall–Kier alpha value is -1.95. The number of amides is 1. The topological polar surface area (TPSA) is 75.6 Å². The molecule has 1 amide bonds. The summed E-state index contributed by atoms with van der Waals surface area (Å²) in [6.07, 6.45) is -0.836. The number of aryl methyl sites for hydroxylation is 1. The summed E-state index contributed by atoms with van der Waals surface area (Å²) >= 11 is 0. The summed E-state index contributed by atoms with van der Waals surface area (Å²) in [6.45, 7) is 6.75. The number of hydrogen-bond acceptors (Lipinski definition) is 4. The van der Waals surface area contributed by atoms with E-state index in [4.69, 9.17) is 4.74 Å². The van der Waals surface area contributed by atoms with E-state index in [1.807, 2.05) is 0 Å². The maximum atomic E-state index is 14.0. The summed E-state index contributed by atoms with van der Waals surface area (Å²) in [6, 6.07) is 4.39. The molecule has 2 atom stereocenters. The van der Waals surface area contributed by atoms with Gasteiger partial charge in [-0.3, -0.25) is 4.79 Å². The number of ketones is 1. The number of rotatable bonds is 2. The van der Waals surface area contributed by atoms with Crippen LogP contribution in [0.4, 0.5) is 9.18 Å². The molecular formula is C18H24FNO4. The number of carbonyl (C=O) groups excluding carboxylic acids is 2. The lowest BCUT2D eigenvalue weighted by atomic mass is 9.74. The maximum Gasteiger partial charge on any atom is 0.408 e. The Balaban J connectivity index is 2.43. The van der Waals surface area contributed by atoms with E-state index in [0.717, 1.165) is 0 Å². The van der Waals surface area contributed by atoms with Crippen LogP contribution in [0.15, 0.2) is 18.2 Å². The van der Waals surface area contributed by atoms with Crippen LogP contribution in [0.5, 0.6) is 0 Å². The van der Waals surface area contributed by atoms with Crippen LogP contribution in [0, 0.1) is 12.7 Å². The van der Waals surface area contributed by atoms with Gasteiger partial charge in [-0.1, -0.05) is 12.1 Å². The maximum absolute atomic E-state index is 14.0. The zero-order valence-corrected chi connectivity index (χ0v) is 14.5. The van der Waals surface area contributed by atoms with Gasteiger partial charge in [-0.2, -0.15) is 0 Å². The zero-order valence-electron chi connectivity index (χ0n) is 14.5. The van der Waals surface area contributed by atoms with Crippen LogP contribution in [0.25, 0.3) is 0 Å². The van der Waals surface area contributed by atoms with Crippen molar-refractivity contribution >= 4 is 11.9 Å². The largest absolute Gasteiger partial charge is 0.444 e. The predicted molar refractivity (Wildman–Crippen MR) is 87.0 cm³/mol. The molecule has 2 rings (SSSR count). The minimum absolute atomic E-state index is 0.282. The van der Waals surface area contributed by atoms with Crippen LogP contribution in [-0.4, -0.2) is 28.7 Å². The van der Waals surface area contributed by atoms with E-state index in [9.17, 15) is 19.1 Å². The number of carbonyl (C=O) groups is 2. The third kappa shape index (κ3) is 3.75. The third-order valence-electron chi connectivity index (χ3n) is 4.13. The first kappa shape index (κ1) is 18.4. The van der Waals surface area contributed by atoms with E-state index >= 15 is 0 Å². The van der Waals surface area contributed by atoms with Gasteiger partial charge in [0.25, 0.3) is 0 Å². The molecule has 0 aliphatic heterocycles. The number of benzene rings is 1. The SMILES string of the molecule is Cc1ccc(C2(NC(=O)OC(C)(C)C)CCCC(O)C2=O)cc1F. The first-order chi connectivity index (χ1) is 11.0. The number of Topliss-reactive ketones (excluding diaryl/α,β-unsaturated/α-hetero) is 1. The summed E-state index contributed by atoms with van der Waals surface area (Å²) < 4.78 is 19.3. The molecule has 1 aliphatic rings. The molecule has 132 valence electrons. The van der Waals surface area contributed by atoms with Gasteiger partial charge in [0.2, 0.25) is 0 Å². The molecule has 0 spiro atoms. The number of alkyl carbamates (subject to hydrolysis) is 1. The quantitative estimate of drug-likeness (QED) is 0.870. The highest BCUT2D eigenvalue weighted by molar-refractivity contribution is 5.96. The van der Waals surface area contributed by atoms with Crippen molar-refractivity contribution in [2.45, 2.75) is 64.2 Å². The van der Waals surface area contributed by atoms with E-state index in [2.05, 4.69) is 5.32 Å². The van der Waals surface area contributed by atoms with Crippen molar-refractivity contribution < 1.29 is 23.8 Å². The smallest absolute Gasteiger partial charge is 0.408 e. The molecule has 24 heavy (non-hydrogen) atoms. The van der Waals surface area contributed by atoms with Gasteiger partial charge in [0.15, 0.2) is 5.78 Å². The number of aliphatic hydroxyl groups is 1. The number of nitrogens with one attached hydrogen (secondary N) is 1. The van der Waals surface area contributed by atoms with E-state index in [-0.39, 0.29) is 6.42 Å². The Morgan fingerprint density at radius 3 is 2.67 bits per heavy atom. The van der Waals surface area contributed by atoms with E-state index in [1.54, 1.807) is 39.8 Å². The fraction of sp³-hybridized carbons (Fsp3) is 0.556. The number of ether oxygens (including phenoxy) is 1. The van der Waals surface area contributed by atoms with Crippen molar-refractivity contribution in [1.82, 2.24) is 5.32 Å². The van der Waals surface area contributed by atoms with Gasteiger partial charge in [0.05, 0.1) is 0 Å². The molecule has 5 nitrogen and oxygen atoms in total. The molecule has 0 heterocycles. The lowest BCUT2D eigenvalue weighted by molar-refractivity contribution is -0.138. The van der Waals surface area contributed by atoms with Crippen molar-refractivity contribution in [3.05, 3.63) is 35.1 Å². The summed E-state index contributed by atoms with van der Waals surface area (Å²) in [5, 5.41) is 12.6. The van der Waals surface area contributed by atoms with Gasteiger partial charge in [0, 0.05) is 0 Å². The van der Waals surface area contributed by atoms with Gasteiger partial charge in [-0.25, -0.2) is 9.18 Å². The van der Waals surface area contributed by atoms with Crippen molar-refractivity contribution in [3.8, 4) is 0 Å². The summed E-state index contributed by atoms with van der Waals surface area (Å²) in [5.74, 6) is -1.01. The molecule has 1 aromatic carbocycles. The second kappa shape index (κ2) is 6.51. The molecule has 1 fully saturated rings. The molecule has 1 aromatic rings. The van der Waals surface area contributed by atoms with Gasteiger partial charge in [-0.05, 0) is 64.2 Å². The van der Waals surface area contributed by atoms with Crippen LogP contribution in [0.1, 0.15) is 51.2 Å². The Morgan fingerprint density at radius 1 is 1.42 bits per heavy atom. The van der Waals surface area contributed by atoms with Crippen LogP contribution in [0.3, 0.4) is 0 Å². The number of hydrogen-bond donors (Lipinski definition) is 2. The lowest BCUT2D eigenvalue weighted by Gasteiger charge is -2.39. The van der Waals surface area contributed by atoms with Crippen molar-refractivity contribution in [3.63, 3.8) is 0 Å². The van der Waals surface area contributed by atoms with E-state index in [1.165, 1.54) is 6.07 Å². The van der Waals surface area contributed by atoms with Crippen molar-refractivity contribution in [2.24, 2.45) is 0 Å². The fourth-order valence-corrected chi connectivity index (χ4v) is 2.92. The molecule has 6 heteroatoms. The zero-order chi connectivity index (χ0) is 18.1. The van der Waals surface area contributed by atoms with E-state index in [0.29, 0.717) is 24.0 Å². The average molecular weight is 337 g/mol. The molecule has 0 saturated heterocycles. The summed E-state index contributed by atoms with van der Waals surface area (Å²) in [5.41, 5.74) is -1.45. The molecule has 1 saturated carbocycles. The lowest BCUT2D eigenvalue weighted by Crippen LogP contribution is -2.58. The van der Waals surface area contributed by atoms with Gasteiger partial charge in [-0.15, -0.1) is 0 Å². The highest BCUT2D eigenvalue weighted by atomic mass is 19.1. The van der Waals surface area contributed by atoms with Gasteiger partial charge in [0.1, 0.15) is 23.1 Å². The first-order valence-corrected chi connectivity index (χ1v) is 8.05.